The fourth-order valence-electron chi connectivity index (χ4n) is 3.66. The summed E-state index contributed by atoms with van der Waals surface area (Å²) in [5, 5.41) is 6.41. The number of para-hydroxylation sites is 1. The van der Waals surface area contributed by atoms with E-state index in [1.54, 1.807) is 53.4 Å². The van der Waals surface area contributed by atoms with Crippen molar-refractivity contribution in [2.75, 3.05) is 54.9 Å². The number of hydrogen-bond acceptors (Lipinski definition) is 4. The van der Waals surface area contributed by atoms with E-state index in [2.05, 4.69) is 15.5 Å². The standard InChI is InChI=1S/C26H27ClN4O3/c27-21-8-10-23(11-9-21)29-26(33)31(15-14-30-16-18-34-19-17-30)24-12-6-20(7-13-24)25(32)28-22-4-2-1-3-5-22/h1-13H,14-19H2,(H,28,32)(H,29,33). The highest BCUT2D eigenvalue weighted by Gasteiger charge is 2.19. The Balaban J connectivity index is 1.47. The summed E-state index contributed by atoms with van der Waals surface area (Å²) in [6.07, 6.45) is 0. The molecule has 2 N–H and O–H groups in total. The molecule has 0 aliphatic carbocycles. The molecule has 0 unspecified atom stereocenters. The average Bonchev–Trinajstić information content (AvgIpc) is 2.87. The van der Waals surface area contributed by atoms with Crippen LogP contribution in [0.15, 0.2) is 78.9 Å². The SMILES string of the molecule is O=C(Nc1ccccc1)c1ccc(N(CCN2CCOCC2)C(=O)Nc2ccc(Cl)cc2)cc1. The summed E-state index contributed by atoms with van der Waals surface area (Å²) in [5.41, 5.74) is 2.60. The van der Waals surface area contributed by atoms with Crippen LogP contribution in [-0.4, -0.2) is 56.2 Å². The molecule has 3 aromatic rings. The maximum absolute atomic E-state index is 13.2. The molecule has 1 fully saturated rings. The Hall–Kier alpha value is -3.39. The number of benzene rings is 3. The molecule has 0 spiro atoms. The van der Waals surface area contributed by atoms with Gasteiger partial charge in [0.2, 0.25) is 0 Å². The lowest BCUT2D eigenvalue weighted by molar-refractivity contribution is 0.0393. The van der Waals surface area contributed by atoms with Gasteiger partial charge in [-0.15, -0.1) is 0 Å². The molecule has 0 radical (unpaired) electrons. The van der Waals surface area contributed by atoms with E-state index in [1.807, 2.05) is 30.3 Å². The number of morpholine rings is 1. The lowest BCUT2D eigenvalue weighted by Crippen LogP contribution is -2.44. The second kappa shape index (κ2) is 11.7. The number of rotatable bonds is 7. The van der Waals surface area contributed by atoms with Crippen LogP contribution in [0.3, 0.4) is 0 Å². The van der Waals surface area contributed by atoms with Gasteiger partial charge in [0, 0.05) is 53.8 Å². The smallest absolute Gasteiger partial charge is 0.326 e. The van der Waals surface area contributed by atoms with E-state index in [-0.39, 0.29) is 11.9 Å². The largest absolute Gasteiger partial charge is 0.379 e. The first-order valence-corrected chi connectivity index (χ1v) is 11.6. The lowest BCUT2D eigenvalue weighted by atomic mass is 10.1. The second-order valence-electron chi connectivity index (χ2n) is 7.91. The van der Waals surface area contributed by atoms with Crippen LogP contribution in [0.2, 0.25) is 5.02 Å². The summed E-state index contributed by atoms with van der Waals surface area (Å²) in [5.74, 6) is -0.205. The Morgan fingerprint density at radius 3 is 2.18 bits per heavy atom. The highest BCUT2D eigenvalue weighted by atomic mass is 35.5. The van der Waals surface area contributed by atoms with Crippen LogP contribution in [0.25, 0.3) is 0 Å². The topological polar surface area (TPSA) is 73.9 Å². The number of nitrogens with one attached hydrogen (secondary N) is 2. The number of hydrogen-bond donors (Lipinski definition) is 2. The van der Waals surface area contributed by atoms with E-state index in [0.717, 1.165) is 18.8 Å². The molecule has 176 valence electrons. The van der Waals surface area contributed by atoms with E-state index >= 15 is 0 Å². The van der Waals surface area contributed by atoms with E-state index < -0.39 is 0 Å². The number of nitrogens with zero attached hydrogens (tertiary/aromatic N) is 2. The van der Waals surface area contributed by atoms with E-state index in [4.69, 9.17) is 16.3 Å². The molecule has 7 nitrogen and oxygen atoms in total. The maximum atomic E-state index is 13.2. The molecule has 1 aliphatic heterocycles. The molecular weight excluding hydrogens is 452 g/mol. The van der Waals surface area contributed by atoms with Crippen LogP contribution in [0.5, 0.6) is 0 Å². The third-order valence-electron chi connectivity index (χ3n) is 5.56. The highest BCUT2D eigenvalue weighted by molar-refractivity contribution is 6.30. The predicted molar refractivity (Wildman–Crippen MR) is 136 cm³/mol. The van der Waals surface area contributed by atoms with Crippen LogP contribution < -0.4 is 15.5 Å². The van der Waals surface area contributed by atoms with Crippen molar-refractivity contribution in [2.45, 2.75) is 0 Å². The van der Waals surface area contributed by atoms with Crippen LogP contribution in [0.4, 0.5) is 21.9 Å². The van der Waals surface area contributed by atoms with Gasteiger partial charge in [-0.1, -0.05) is 29.8 Å². The molecule has 34 heavy (non-hydrogen) atoms. The number of halogens is 1. The zero-order valence-corrected chi connectivity index (χ0v) is 19.5. The molecule has 3 amide bonds. The zero-order chi connectivity index (χ0) is 23.8. The first-order valence-electron chi connectivity index (χ1n) is 11.2. The van der Waals surface area contributed by atoms with Gasteiger partial charge in [0.1, 0.15) is 0 Å². The van der Waals surface area contributed by atoms with Crippen molar-refractivity contribution in [1.29, 1.82) is 0 Å². The van der Waals surface area contributed by atoms with Gasteiger partial charge in [-0.25, -0.2) is 4.79 Å². The predicted octanol–water partition coefficient (Wildman–Crippen LogP) is 4.96. The summed E-state index contributed by atoms with van der Waals surface area (Å²) >= 11 is 5.96. The quantitative estimate of drug-likeness (QED) is 0.503. The third kappa shape index (κ3) is 6.57. The van der Waals surface area contributed by atoms with E-state index in [9.17, 15) is 9.59 Å². The number of carbonyl (C=O) groups excluding carboxylic acids is 2. The number of urea groups is 1. The Bertz CT molecular complexity index is 1090. The molecule has 0 saturated carbocycles. The first kappa shape index (κ1) is 23.8. The maximum Gasteiger partial charge on any atom is 0.326 e. The number of anilines is 3. The molecule has 1 saturated heterocycles. The fourth-order valence-corrected chi connectivity index (χ4v) is 3.78. The van der Waals surface area contributed by atoms with Gasteiger partial charge in [0.05, 0.1) is 13.2 Å². The molecule has 1 heterocycles. The van der Waals surface area contributed by atoms with Crippen LogP contribution in [-0.2, 0) is 4.74 Å². The number of carbonyl (C=O) groups is 2. The normalized spacial score (nSPS) is 13.8. The van der Waals surface area contributed by atoms with Crippen molar-refractivity contribution in [3.8, 4) is 0 Å². The molecular formula is C26H27ClN4O3. The van der Waals surface area contributed by atoms with Crippen molar-refractivity contribution in [3.63, 3.8) is 0 Å². The molecule has 4 rings (SSSR count). The van der Waals surface area contributed by atoms with E-state index in [0.29, 0.717) is 48.3 Å². The molecule has 0 bridgehead atoms. The number of amides is 3. The fraction of sp³-hybridized carbons (Fsp3) is 0.231. The summed E-state index contributed by atoms with van der Waals surface area (Å²) < 4.78 is 5.42. The molecule has 0 atom stereocenters. The molecule has 1 aliphatic rings. The molecule has 8 heteroatoms. The Labute approximate surface area is 204 Å². The highest BCUT2D eigenvalue weighted by Crippen LogP contribution is 2.20. The van der Waals surface area contributed by atoms with Gasteiger partial charge in [0.15, 0.2) is 0 Å². The first-order chi connectivity index (χ1) is 16.6. The van der Waals surface area contributed by atoms with Gasteiger partial charge >= 0.3 is 6.03 Å². The van der Waals surface area contributed by atoms with Crippen molar-refractivity contribution in [1.82, 2.24) is 4.90 Å². The molecule has 3 aromatic carbocycles. The second-order valence-corrected chi connectivity index (χ2v) is 8.35. The minimum absolute atomic E-state index is 0.205. The van der Waals surface area contributed by atoms with Gasteiger partial charge in [-0.2, -0.15) is 0 Å². The van der Waals surface area contributed by atoms with Gasteiger partial charge in [-0.05, 0) is 60.7 Å². The Morgan fingerprint density at radius 1 is 0.853 bits per heavy atom. The Morgan fingerprint density at radius 2 is 1.50 bits per heavy atom. The van der Waals surface area contributed by atoms with Crippen molar-refractivity contribution >= 4 is 40.6 Å². The minimum Gasteiger partial charge on any atom is -0.379 e. The van der Waals surface area contributed by atoms with Crippen LogP contribution in [0, 0.1) is 0 Å². The van der Waals surface area contributed by atoms with Crippen molar-refractivity contribution < 1.29 is 14.3 Å². The lowest BCUT2D eigenvalue weighted by Gasteiger charge is -2.30. The van der Waals surface area contributed by atoms with Gasteiger partial charge in [-0.3, -0.25) is 14.6 Å². The summed E-state index contributed by atoms with van der Waals surface area (Å²) in [4.78, 5) is 29.7. The third-order valence-corrected chi connectivity index (χ3v) is 5.81. The van der Waals surface area contributed by atoms with Crippen molar-refractivity contribution in [3.05, 3.63) is 89.4 Å². The van der Waals surface area contributed by atoms with Gasteiger partial charge < -0.3 is 15.4 Å². The average molecular weight is 479 g/mol. The number of ether oxygens (including phenoxy) is 1. The minimum atomic E-state index is -0.253. The van der Waals surface area contributed by atoms with E-state index in [1.165, 1.54) is 0 Å². The summed E-state index contributed by atoms with van der Waals surface area (Å²) in [6, 6.07) is 23.1. The van der Waals surface area contributed by atoms with Crippen LogP contribution >= 0.6 is 11.6 Å². The van der Waals surface area contributed by atoms with Crippen LogP contribution in [0.1, 0.15) is 10.4 Å². The monoisotopic (exact) mass is 478 g/mol. The zero-order valence-electron chi connectivity index (χ0n) is 18.7. The molecule has 0 aromatic heterocycles. The van der Waals surface area contributed by atoms with Crippen molar-refractivity contribution in [2.24, 2.45) is 0 Å². The summed E-state index contributed by atoms with van der Waals surface area (Å²) in [7, 11) is 0. The summed E-state index contributed by atoms with van der Waals surface area (Å²) in [6.45, 7) is 4.28. The Kier molecular flexibility index (Phi) is 8.14. The van der Waals surface area contributed by atoms with Gasteiger partial charge in [0.25, 0.3) is 5.91 Å².